The molecule has 1 aliphatic heterocycles. The number of hydrogen-bond acceptors (Lipinski definition) is 3. The van der Waals surface area contributed by atoms with Crippen LogP contribution in [-0.4, -0.2) is 47.6 Å². The number of aromatic nitrogens is 2. The second-order valence-electron chi connectivity index (χ2n) is 4.53. The minimum atomic E-state index is 1.08. The molecule has 1 saturated heterocycles. The normalized spacial score (nSPS) is 17.8. The lowest BCUT2D eigenvalue weighted by Gasteiger charge is -2.34. The Balaban J connectivity index is 1.79. The van der Waals surface area contributed by atoms with Crippen molar-refractivity contribution in [3.8, 4) is 0 Å². The van der Waals surface area contributed by atoms with Crippen LogP contribution in [0.3, 0.4) is 0 Å². The number of H-pyrrole nitrogens is 1. The number of hydrogen-bond donors (Lipinski definition) is 1. The van der Waals surface area contributed by atoms with E-state index in [4.69, 9.17) is 0 Å². The van der Waals surface area contributed by atoms with Gasteiger partial charge in [0.25, 0.3) is 0 Å². The number of anilines is 1. The summed E-state index contributed by atoms with van der Waals surface area (Å²) in [7, 11) is 0. The molecule has 0 spiro atoms. The summed E-state index contributed by atoms with van der Waals surface area (Å²) < 4.78 is 0. The molecule has 4 heteroatoms. The number of pyridine rings is 1. The van der Waals surface area contributed by atoms with Crippen LogP contribution in [0.25, 0.3) is 10.9 Å². The Labute approximate surface area is 101 Å². The van der Waals surface area contributed by atoms with E-state index < -0.39 is 0 Å². The fourth-order valence-corrected chi connectivity index (χ4v) is 2.41. The van der Waals surface area contributed by atoms with Gasteiger partial charge in [0.1, 0.15) is 5.82 Å². The Morgan fingerprint density at radius 2 is 2.12 bits per heavy atom. The fraction of sp³-hybridized carbons (Fsp3) is 0.462. The largest absolute Gasteiger partial charge is 0.360 e. The third kappa shape index (κ3) is 2.00. The summed E-state index contributed by atoms with van der Waals surface area (Å²) in [6.45, 7) is 7.82. The van der Waals surface area contributed by atoms with Crippen LogP contribution >= 0.6 is 0 Å². The average Bonchev–Trinajstić information content (AvgIpc) is 2.86. The maximum absolute atomic E-state index is 4.53. The maximum Gasteiger partial charge on any atom is 0.129 e. The lowest BCUT2D eigenvalue weighted by molar-refractivity contribution is 0.270. The predicted molar refractivity (Wildman–Crippen MR) is 70.4 cm³/mol. The topological polar surface area (TPSA) is 35.2 Å². The monoisotopic (exact) mass is 230 g/mol. The summed E-state index contributed by atoms with van der Waals surface area (Å²) in [6, 6.07) is 4.27. The SMILES string of the molecule is CCN1CCN(c2cc3cc[nH]c3cn2)CC1. The van der Waals surface area contributed by atoms with Crippen molar-refractivity contribution in [1.29, 1.82) is 0 Å². The number of likely N-dealkylation sites (N-methyl/N-ethyl adjacent to an activating group) is 1. The Morgan fingerprint density at radius 3 is 2.88 bits per heavy atom. The zero-order chi connectivity index (χ0) is 11.7. The first-order valence-electron chi connectivity index (χ1n) is 6.27. The van der Waals surface area contributed by atoms with Gasteiger partial charge in [-0.05, 0) is 18.7 Å². The molecule has 0 atom stereocenters. The molecule has 2 aromatic heterocycles. The van der Waals surface area contributed by atoms with Crippen LogP contribution in [0.4, 0.5) is 5.82 Å². The van der Waals surface area contributed by atoms with Crippen molar-refractivity contribution in [1.82, 2.24) is 14.9 Å². The Hall–Kier alpha value is -1.55. The molecule has 0 unspecified atom stereocenters. The van der Waals surface area contributed by atoms with Crippen LogP contribution in [0.2, 0.25) is 0 Å². The summed E-state index contributed by atoms with van der Waals surface area (Å²) >= 11 is 0. The van der Waals surface area contributed by atoms with E-state index in [2.05, 4.69) is 38.8 Å². The van der Waals surface area contributed by atoms with Crippen molar-refractivity contribution >= 4 is 16.7 Å². The van der Waals surface area contributed by atoms with Crippen molar-refractivity contribution in [3.05, 3.63) is 24.5 Å². The van der Waals surface area contributed by atoms with Crippen molar-refractivity contribution < 1.29 is 0 Å². The van der Waals surface area contributed by atoms with Crippen molar-refractivity contribution in [2.45, 2.75) is 6.92 Å². The van der Waals surface area contributed by atoms with Crippen molar-refractivity contribution in [2.24, 2.45) is 0 Å². The lowest BCUT2D eigenvalue weighted by Crippen LogP contribution is -2.46. The molecule has 0 bridgehead atoms. The van der Waals surface area contributed by atoms with E-state index in [0.29, 0.717) is 0 Å². The Kier molecular flexibility index (Phi) is 2.73. The highest BCUT2D eigenvalue weighted by molar-refractivity contribution is 5.81. The van der Waals surface area contributed by atoms with Gasteiger partial charge in [-0.15, -0.1) is 0 Å². The minimum absolute atomic E-state index is 1.08. The first-order chi connectivity index (χ1) is 8.36. The van der Waals surface area contributed by atoms with E-state index in [1.165, 1.54) is 5.39 Å². The molecule has 1 fully saturated rings. The standard InChI is InChI=1S/C13H18N4/c1-2-16-5-7-17(8-6-16)13-9-11-3-4-14-12(11)10-15-13/h3-4,9-10,14H,2,5-8H2,1H3. The quantitative estimate of drug-likeness (QED) is 0.853. The molecular formula is C13H18N4. The Morgan fingerprint density at radius 1 is 1.29 bits per heavy atom. The van der Waals surface area contributed by atoms with Gasteiger partial charge in [0.2, 0.25) is 0 Å². The molecule has 0 amide bonds. The zero-order valence-electron chi connectivity index (χ0n) is 10.2. The van der Waals surface area contributed by atoms with Crippen LogP contribution in [-0.2, 0) is 0 Å². The molecule has 0 saturated carbocycles. The van der Waals surface area contributed by atoms with E-state index in [1.807, 2.05) is 12.4 Å². The molecule has 90 valence electrons. The molecular weight excluding hydrogens is 212 g/mol. The van der Waals surface area contributed by atoms with Crippen molar-refractivity contribution in [3.63, 3.8) is 0 Å². The number of piperazine rings is 1. The lowest BCUT2D eigenvalue weighted by atomic mass is 10.2. The maximum atomic E-state index is 4.53. The molecule has 0 aliphatic carbocycles. The van der Waals surface area contributed by atoms with Gasteiger partial charge >= 0.3 is 0 Å². The summed E-state index contributed by atoms with van der Waals surface area (Å²) in [6.07, 6.45) is 3.89. The van der Waals surface area contributed by atoms with Gasteiger partial charge in [0.15, 0.2) is 0 Å². The number of nitrogens with one attached hydrogen (secondary N) is 1. The Bertz CT molecular complexity index is 497. The fourth-order valence-electron chi connectivity index (χ4n) is 2.41. The molecule has 0 aromatic carbocycles. The molecule has 4 nitrogen and oxygen atoms in total. The predicted octanol–water partition coefficient (Wildman–Crippen LogP) is 1.70. The van der Waals surface area contributed by atoms with Crippen LogP contribution < -0.4 is 4.90 Å². The van der Waals surface area contributed by atoms with Crippen LogP contribution in [0.5, 0.6) is 0 Å². The highest BCUT2D eigenvalue weighted by Crippen LogP contribution is 2.19. The summed E-state index contributed by atoms with van der Waals surface area (Å²) in [5.41, 5.74) is 1.11. The molecule has 17 heavy (non-hydrogen) atoms. The van der Waals surface area contributed by atoms with Gasteiger partial charge in [-0.25, -0.2) is 4.98 Å². The van der Waals surface area contributed by atoms with Gasteiger partial charge in [0.05, 0.1) is 11.7 Å². The van der Waals surface area contributed by atoms with Gasteiger partial charge in [-0.2, -0.15) is 0 Å². The number of fused-ring (bicyclic) bond motifs is 1. The van der Waals surface area contributed by atoms with Crippen LogP contribution in [0.15, 0.2) is 24.5 Å². The van der Waals surface area contributed by atoms with Gasteiger partial charge in [-0.3, -0.25) is 0 Å². The van der Waals surface area contributed by atoms with E-state index >= 15 is 0 Å². The highest BCUT2D eigenvalue weighted by atomic mass is 15.3. The molecule has 3 rings (SSSR count). The van der Waals surface area contributed by atoms with E-state index in [1.54, 1.807) is 0 Å². The third-order valence-electron chi connectivity index (χ3n) is 3.57. The van der Waals surface area contributed by atoms with Crippen LogP contribution in [0, 0.1) is 0 Å². The first-order valence-corrected chi connectivity index (χ1v) is 6.27. The minimum Gasteiger partial charge on any atom is -0.360 e. The first kappa shape index (κ1) is 10.6. The molecule has 0 radical (unpaired) electrons. The number of rotatable bonds is 2. The van der Waals surface area contributed by atoms with Gasteiger partial charge in [0, 0.05) is 37.8 Å². The van der Waals surface area contributed by atoms with Crippen LogP contribution in [0.1, 0.15) is 6.92 Å². The molecule has 3 heterocycles. The molecule has 2 aromatic rings. The third-order valence-corrected chi connectivity index (χ3v) is 3.57. The second-order valence-corrected chi connectivity index (χ2v) is 4.53. The highest BCUT2D eigenvalue weighted by Gasteiger charge is 2.16. The smallest absolute Gasteiger partial charge is 0.129 e. The van der Waals surface area contributed by atoms with Gasteiger partial charge < -0.3 is 14.8 Å². The second kappa shape index (κ2) is 4.37. The average molecular weight is 230 g/mol. The van der Waals surface area contributed by atoms with Crippen molar-refractivity contribution in [2.75, 3.05) is 37.6 Å². The zero-order valence-corrected chi connectivity index (χ0v) is 10.2. The van der Waals surface area contributed by atoms with E-state index in [0.717, 1.165) is 44.1 Å². The summed E-state index contributed by atoms with van der Waals surface area (Å²) in [5.74, 6) is 1.10. The van der Waals surface area contributed by atoms with E-state index in [9.17, 15) is 0 Å². The van der Waals surface area contributed by atoms with Gasteiger partial charge in [-0.1, -0.05) is 6.92 Å². The number of aromatic amines is 1. The van der Waals surface area contributed by atoms with E-state index in [-0.39, 0.29) is 0 Å². The summed E-state index contributed by atoms with van der Waals surface area (Å²) in [5, 5.41) is 1.24. The summed E-state index contributed by atoms with van der Waals surface area (Å²) in [4.78, 5) is 12.6. The number of nitrogens with zero attached hydrogens (tertiary/aromatic N) is 3. The molecule has 1 N–H and O–H groups in total. The molecule has 1 aliphatic rings.